The van der Waals surface area contributed by atoms with Crippen LogP contribution in [-0.4, -0.2) is 0 Å². The molecular weight excluding hydrogens is 711 g/mol. The number of anilines is 3. The van der Waals surface area contributed by atoms with Crippen molar-refractivity contribution in [3.05, 3.63) is 200 Å². The molecule has 59 heavy (non-hydrogen) atoms. The van der Waals surface area contributed by atoms with Gasteiger partial charge in [0.25, 0.3) is 0 Å². The van der Waals surface area contributed by atoms with Crippen LogP contribution >= 0.6 is 0 Å². The molecule has 0 aliphatic heterocycles. The summed E-state index contributed by atoms with van der Waals surface area (Å²) in [5.74, 6) is 2.91. The zero-order valence-electron chi connectivity index (χ0n) is 33.2. The van der Waals surface area contributed by atoms with E-state index in [0.717, 1.165) is 23.4 Å². The second-order valence-electron chi connectivity index (χ2n) is 18.2. The highest BCUT2D eigenvalue weighted by molar-refractivity contribution is 6.10. The lowest BCUT2D eigenvalue weighted by Crippen LogP contribution is -2.68. The first-order valence-electron chi connectivity index (χ1n) is 21.8. The van der Waals surface area contributed by atoms with Crippen LogP contribution in [0, 0.1) is 23.2 Å². The summed E-state index contributed by atoms with van der Waals surface area (Å²) in [6.07, 6.45) is 7.30. The van der Waals surface area contributed by atoms with Gasteiger partial charge in [-0.15, -0.1) is 0 Å². The standard InChI is InChI=1S/C58H45N/c1-2-9-39(10-3-1)42-17-19-45-33-43(18-20-44(45)32-42)40-21-25-49(26-22-40)59(50-27-23-46(24-28-50)57-35-38-31-47-34-48(37-57)58(47,57)36-38)56-30-29-54(53-14-6-7-15-55(53)56)52-16-8-12-41-11-4-5-13-51(41)52/h1-30,32-33,38,47-48H,31,34-37H2. The average Bonchev–Trinajstić information content (AvgIpc) is 3.80. The molecule has 0 aromatic heterocycles. The van der Waals surface area contributed by atoms with Crippen LogP contribution in [0.25, 0.3) is 65.7 Å². The van der Waals surface area contributed by atoms with Gasteiger partial charge < -0.3 is 4.90 Å². The molecule has 4 aliphatic carbocycles. The van der Waals surface area contributed by atoms with Gasteiger partial charge in [0.15, 0.2) is 0 Å². The first-order chi connectivity index (χ1) is 29.1. The van der Waals surface area contributed by atoms with E-state index in [4.69, 9.17) is 0 Å². The summed E-state index contributed by atoms with van der Waals surface area (Å²) >= 11 is 0. The minimum atomic E-state index is 0.421. The molecule has 1 heteroatoms. The van der Waals surface area contributed by atoms with Gasteiger partial charge in [0.05, 0.1) is 5.69 Å². The number of hydrogen-bond donors (Lipinski definition) is 0. The van der Waals surface area contributed by atoms with Gasteiger partial charge in [-0.25, -0.2) is 0 Å². The Bertz CT molecular complexity index is 3100. The predicted molar refractivity (Wildman–Crippen MR) is 248 cm³/mol. The smallest absolute Gasteiger partial charge is 0.0540 e. The molecule has 4 fully saturated rings. The fraction of sp³-hybridized carbons (Fsp3) is 0.172. The zero-order valence-corrected chi connectivity index (χ0v) is 33.2. The summed E-state index contributed by atoms with van der Waals surface area (Å²) in [5.41, 5.74) is 13.7. The largest absolute Gasteiger partial charge is 0.310 e. The van der Waals surface area contributed by atoms with E-state index in [1.54, 1.807) is 5.56 Å². The molecule has 4 saturated carbocycles. The molecule has 5 atom stereocenters. The van der Waals surface area contributed by atoms with E-state index < -0.39 is 0 Å². The Morgan fingerprint density at radius 1 is 0.390 bits per heavy atom. The molecule has 282 valence electrons. The second-order valence-corrected chi connectivity index (χ2v) is 18.2. The van der Waals surface area contributed by atoms with Crippen molar-refractivity contribution in [2.45, 2.75) is 37.5 Å². The van der Waals surface area contributed by atoms with Gasteiger partial charge in [-0.1, -0.05) is 152 Å². The van der Waals surface area contributed by atoms with E-state index in [-0.39, 0.29) is 0 Å². The number of rotatable bonds is 7. The van der Waals surface area contributed by atoms with Crippen molar-refractivity contribution in [3.8, 4) is 33.4 Å². The van der Waals surface area contributed by atoms with Gasteiger partial charge >= 0.3 is 0 Å². The summed E-state index contributed by atoms with van der Waals surface area (Å²) in [6.45, 7) is 0. The maximum Gasteiger partial charge on any atom is 0.0540 e. The van der Waals surface area contributed by atoms with Gasteiger partial charge in [-0.2, -0.15) is 0 Å². The minimum Gasteiger partial charge on any atom is -0.310 e. The van der Waals surface area contributed by atoms with Crippen molar-refractivity contribution in [1.29, 1.82) is 0 Å². The van der Waals surface area contributed by atoms with Crippen molar-refractivity contribution in [2.75, 3.05) is 4.90 Å². The molecule has 2 bridgehead atoms. The van der Waals surface area contributed by atoms with Crippen LogP contribution in [0.3, 0.4) is 0 Å². The average molecular weight is 756 g/mol. The number of hydrogen-bond acceptors (Lipinski definition) is 1. The van der Waals surface area contributed by atoms with Crippen LogP contribution in [0.5, 0.6) is 0 Å². The first kappa shape index (κ1) is 33.5. The molecule has 1 spiro atoms. The Morgan fingerprint density at radius 2 is 1.00 bits per heavy atom. The molecule has 0 saturated heterocycles. The van der Waals surface area contributed by atoms with E-state index in [1.807, 2.05) is 0 Å². The summed E-state index contributed by atoms with van der Waals surface area (Å²) in [7, 11) is 0. The van der Waals surface area contributed by atoms with E-state index in [1.165, 1.54) is 109 Å². The number of benzene rings is 9. The summed E-state index contributed by atoms with van der Waals surface area (Å²) in [4.78, 5) is 2.50. The van der Waals surface area contributed by atoms with Crippen molar-refractivity contribution in [1.82, 2.24) is 0 Å². The Hall–Kier alpha value is -6.44. The third-order valence-corrected chi connectivity index (χ3v) is 15.7. The Morgan fingerprint density at radius 3 is 1.73 bits per heavy atom. The number of fused-ring (bicyclic) bond motifs is 4. The summed E-state index contributed by atoms with van der Waals surface area (Å²) in [5, 5.41) is 7.58. The zero-order chi connectivity index (χ0) is 38.7. The van der Waals surface area contributed by atoms with Crippen molar-refractivity contribution >= 4 is 49.4 Å². The lowest BCUT2D eigenvalue weighted by molar-refractivity contribution is -0.198. The van der Waals surface area contributed by atoms with Crippen molar-refractivity contribution in [3.63, 3.8) is 0 Å². The van der Waals surface area contributed by atoms with Crippen molar-refractivity contribution < 1.29 is 0 Å². The first-order valence-corrected chi connectivity index (χ1v) is 21.8. The van der Waals surface area contributed by atoms with Crippen LogP contribution in [0.2, 0.25) is 0 Å². The molecule has 9 aromatic carbocycles. The van der Waals surface area contributed by atoms with Crippen LogP contribution < -0.4 is 4.90 Å². The normalized spacial score (nSPS) is 23.6. The van der Waals surface area contributed by atoms with E-state index in [0.29, 0.717) is 10.8 Å². The summed E-state index contributed by atoms with van der Waals surface area (Å²) in [6, 6.07) is 72.7. The maximum absolute atomic E-state index is 2.52. The summed E-state index contributed by atoms with van der Waals surface area (Å²) < 4.78 is 0. The van der Waals surface area contributed by atoms with Gasteiger partial charge in [0.1, 0.15) is 0 Å². The van der Waals surface area contributed by atoms with Gasteiger partial charge in [0, 0.05) is 22.2 Å². The van der Waals surface area contributed by atoms with Gasteiger partial charge in [-0.05, 0) is 164 Å². The highest BCUT2D eigenvalue weighted by Crippen LogP contribution is 2.86. The topological polar surface area (TPSA) is 3.24 Å². The molecule has 0 radical (unpaired) electrons. The minimum absolute atomic E-state index is 0.421. The van der Waals surface area contributed by atoms with Gasteiger partial charge in [-0.3, -0.25) is 0 Å². The molecule has 4 aliphatic rings. The Kier molecular flexibility index (Phi) is 7.12. The second kappa shape index (κ2) is 12.5. The number of nitrogens with zero attached hydrogens (tertiary/aromatic N) is 1. The highest BCUT2D eigenvalue weighted by atomic mass is 15.1. The monoisotopic (exact) mass is 755 g/mol. The Balaban J connectivity index is 0.912. The van der Waals surface area contributed by atoms with Crippen LogP contribution in [0.1, 0.15) is 37.7 Å². The van der Waals surface area contributed by atoms with E-state index in [2.05, 4.69) is 199 Å². The fourth-order valence-electron chi connectivity index (χ4n) is 13.3. The quantitative estimate of drug-likeness (QED) is 0.157. The molecule has 0 heterocycles. The van der Waals surface area contributed by atoms with Crippen LogP contribution in [0.4, 0.5) is 17.1 Å². The van der Waals surface area contributed by atoms with Crippen LogP contribution in [0.15, 0.2) is 194 Å². The molecule has 0 N–H and O–H groups in total. The lowest BCUT2D eigenvalue weighted by atomic mass is 9.31. The molecule has 13 rings (SSSR count). The van der Waals surface area contributed by atoms with Crippen molar-refractivity contribution in [2.24, 2.45) is 23.2 Å². The Labute approximate surface area is 346 Å². The van der Waals surface area contributed by atoms with E-state index >= 15 is 0 Å². The van der Waals surface area contributed by atoms with Crippen LogP contribution in [-0.2, 0) is 5.41 Å². The molecule has 1 nitrogen and oxygen atoms in total. The fourth-order valence-corrected chi connectivity index (χ4v) is 13.3. The lowest BCUT2D eigenvalue weighted by Gasteiger charge is -2.73. The third-order valence-electron chi connectivity index (χ3n) is 15.7. The molecule has 9 aromatic rings. The molecule has 0 amide bonds. The third kappa shape index (κ3) is 4.79. The van der Waals surface area contributed by atoms with Gasteiger partial charge in [0.2, 0.25) is 0 Å². The highest BCUT2D eigenvalue weighted by Gasteiger charge is 2.80. The molecule has 5 unspecified atom stereocenters. The maximum atomic E-state index is 2.52. The molecular formula is C58H45N. The van der Waals surface area contributed by atoms with E-state index in [9.17, 15) is 0 Å². The predicted octanol–water partition coefficient (Wildman–Crippen LogP) is 15.7. The SMILES string of the molecule is c1ccc(-c2ccc3cc(-c4ccc(N(c5ccc(C67CC8CC9CC(C6)C97C8)cc5)c5ccc(-c6cccc7ccccc67)c6ccccc56)cc4)ccc3c2)cc1.